The summed E-state index contributed by atoms with van der Waals surface area (Å²) < 4.78 is 31.0. The molecule has 0 aliphatic rings. The van der Waals surface area contributed by atoms with Gasteiger partial charge in [0.25, 0.3) is 5.91 Å². The maximum atomic E-state index is 12.3. The summed E-state index contributed by atoms with van der Waals surface area (Å²) >= 11 is 0. The third-order valence-corrected chi connectivity index (χ3v) is 5.66. The molecule has 0 fully saturated rings. The van der Waals surface area contributed by atoms with Gasteiger partial charge >= 0.3 is 5.97 Å². The fourth-order valence-corrected chi connectivity index (χ4v) is 3.26. The molecule has 0 saturated heterocycles. The van der Waals surface area contributed by atoms with Crippen LogP contribution in [-0.2, 0) is 19.6 Å². The molecule has 28 heavy (non-hydrogen) atoms. The zero-order valence-electron chi connectivity index (χ0n) is 16.0. The third kappa shape index (κ3) is 5.64. The van der Waals surface area contributed by atoms with Gasteiger partial charge in [0.2, 0.25) is 10.0 Å². The molecule has 0 radical (unpaired) electrons. The SMILES string of the molecule is CNS(=O)(=O)c1cccc(C(=O)O[C@H](C)C(=O)NC[C@H](C)c2ccccc2)c1. The fourth-order valence-electron chi connectivity index (χ4n) is 2.49. The maximum absolute atomic E-state index is 12.3. The minimum absolute atomic E-state index is 0.0497. The smallest absolute Gasteiger partial charge is 0.338 e. The highest BCUT2D eigenvalue weighted by atomic mass is 32.2. The lowest BCUT2D eigenvalue weighted by molar-refractivity contribution is -0.129. The van der Waals surface area contributed by atoms with E-state index in [9.17, 15) is 18.0 Å². The first-order chi connectivity index (χ1) is 13.2. The molecule has 8 heteroatoms. The van der Waals surface area contributed by atoms with Crippen LogP contribution in [0.2, 0.25) is 0 Å². The maximum Gasteiger partial charge on any atom is 0.338 e. The quantitative estimate of drug-likeness (QED) is 0.656. The molecule has 150 valence electrons. The van der Waals surface area contributed by atoms with Gasteiger partial charge in [-0.25, -0.2) is 17.9 Å². The number of carbonyl (C=O) groups is 2. The van der Waals surface area contributed by atoms with Crippen molar-refractivity contribution in [2.45, 2.75) is 30.8 Å². The van der Waals surface area contributed by atoms with Gasteiger partial charge in [0.1, 0.15) is 0 Å². The number of amides is 1. The zero-order valence-corrected chi connectivity index (χ0v) is 16.8. The van der Waals surface area contributed by atoms with E-state index in [1.807, 2.05) is 37.3 Å². The normalized spacial score (nSPS) is 13.4. The molecule has 0 saturated carbocycles. The van der Waals surface area contributed by atoms with Crippen molar-refractivity contribution in [3.63, 3.8) is 0 Å². The van der Waals surface area contributed by atoms with Crippen LogP contribution in [0, 0.1) is 0 Å². The lowest BCUT2D eigenvalue weighted by Crippen LogP contribution is -2.37. The Labute approximate surface area is 165 Å². The van der Waals surface area contributed by atoms with Gasteiger partial charge in [-0.1, -0.05) is 43.3 Å². The van der Waals surface area contributed by atoms with Crippen molar-refractivity contribution < 1.29 is 22.7 Å². The van der Waals surface area contributed by atoms with Crippen LogP contribution in [0.4, 0.5) is 0 Å². The summed E-state index contributed by atoms with van der Waals surface area (Å²) in [7, 11) is -2.40. The number of sulfonamides is 1. The van der Waals surface area contributed by atoms with Gasteiger partial charge in [0.15, 0.2) is 6.10 Å². The number of esters is 1. The standard InChI is InChI=1S/C20H24N2O5S/c1-14(16-8-5-4-6-9-16)13-22-19(23)15(2)27-20(24)17-10-7-11-18(12-17)28(25,26)21-3/h4-12,14-15,21H,13H2,1-3H3,(H,22,23)/t14-,15+/m0/s1. The average molecular weight is 404 g/mol. The molecule has 0 aliphatic carbocycles. The Morgan fingerprint density at radius 1 is 1.04 bits per heavy atom. The number of carbonyl (C=O) groups excluding carboxylic acids is 2. The van der Waals surface area contributed by atoms with Crippen LogP contribution in [0.25, 0.3) is 0 Å². The van der Waals surface area contributed by atoms with E-state index < -0.39 is 28.0 Å². The van der Waals surface area contributed by atoms with E-state index in [0.717, 1.165) is 5.56 Å². The molecular formula is C20H24N2O5S. The van der Waals surface area contributed by atoms with Crippen molar-refractivity contribution in [3.8, 4) is 0 Å². The van der Waals surface area contributed by atoms with E-state index in [-0.39, 0.29) is 16.4 Å². The van der Waals surface area contributed by atoms with Gasteiger partial charge < -0.3 is 10.1 Å². The first kappa shape index (κ1) is 21.6. The summed E-state index contributed by atoms with van der Waals surface area (Å²) in [5.41, 5.74) is 1.14. The van der Waals surface area contributed by atoms with E-state index in [1.165, 1.54) is 38.2 Å². The molecule has 0 unspecified atom stereocenters. The molecule has 7 nitrogen and oxygen atoms in total. The Balaban J connectivity index is 1.95. The molecule has 2 aromatic rings. The second kappa shape index (κ2) is 9.48. The molecule has 2 N–H and O–H groups in total. The molecular weight excluding hydrogens is 380 g/mol. The van der Waals surface area contributed by atoms with Crippen molar-refractivity contribution in [1.29, 1.82) is 0 Å². The molecule has 0 aromatic heterocycles. The Hall–Kier alpha value is -2.71. The monoisotopic (exact) mass is 404 g/mol. The highest BCUT2D eigenvalue weighted by molar-refractivity contribution is 7.89. The molecule has 0 aliphatic heterocycles. The predicted octanol–water partition coefficient (Wildman–Crippen LogP) is 2.06. The van der Waals surface area contributed by atoms with Crippen LogP contribution in [0.3, 0.4) is 0 Å². The number of hydrogen-bond acceptors (Lipinski definition) is 5. The van der Waals surface area contributed by atoms with Gasteiger partial charge in [-0.15, -0.1) is 0 Å². The van der Waals surface area contributed by atoms with Crippen LogP contribution in [-0.4, -0.2) is 40.0 Å². The van der Waals surface area contributed by atoms with Gasteiger partial charge in [0, 0.05) is 6.54 Å². The lowest BCUT2D eigenvalue weighted by Gasteiger charge is -2.17. The average Bonchev–Trinajstić information content (AvgIpc) is 2.72. The topological polar surface area (TPSA) is 102 Å². The molecule has 0 heterocycles. The largest absolute Gasteiger partial charge is 0.449 e. The summed E-state index contributed by atoms with van der Waals surface area (Å²) in [5, 5.41) is 2.76. The summed E-state index contributed by atoms with van der Waals surface area (Å²) in [4.78, 5) is 24.4. The Bertz CT molecular complexity index is 929. The Morgan fingerprint density at radius 3 is 2.36 bits per heavy atom. The van der Waals surface area contributed by atoms with Crippen LogP contribution < -0.4 is 10.0 Å². The van der Waals surface area contributed by atoms with Crippen molar-refractivity contribution in [3.05, 3.63) is 65.7 Å². The summed E-state index contributed by atoms with van der Waals surface area (Å²) in [5.74, 6) is -1.08. The summed E-state index contributed by atoms with van der Waals surface area (Å²) in [6.07, 6.45) is -1.01. The molecule has 2 rings (SSSR count). The number of ether oxygens (including phenoxy) is 1. The van der Waals surface area contributed by atoms with Gasteiger partial charge in [-0.05, 0) is 43.7 Å². The number of rotatable bonds is 8. The molecule has 0 bridgehead atoms. The summed E-state index contributed by atoms with van der Waals surface area (Å²) in [6, 6.07) is 15.2. The highest BCUT2D eigenvalue weighted by Gasteiger charge is 2.21. The third-order valence-electron chi connectivity index (χ3n) is 4.25. The molecule has 1 amide bonds. The van der Waals surface area contributed by atoms with E-state index in [1.54, 1.807) is 0 Å². The fraction of sp³-hybridized carbons (Fsp3) is 0.300. The molecule has 2 aromatic carbocycles. The van der Waals surface area contributed by atoms with Crippen molar-refractivity contribution in [1.82, 2.24) is 10.0 Å². The number of hydrogen-bond donors (Lipinski definition) is 2. The summed E-state index contributed by atoms with van der Waals surface area (Å²) in [6.45, 7) is 3.86. The minimum Gasteiger partial charge on any atom is -0.449 e. The Morgan fingerprint density at radius 2 is 1.71 bits per heavy atom. The van der Waals surface area contributed by atoms with E-state index in [0.29, 0.717) is 6.54 Å². The van der Waals surface area contributed by atoms with Gasteiger partial charge in [-0.3, -0.25) is 4.79 Å². The highest BCUT2D eigenvalue weighted by Crippen LogP contribution is 2.14. The zero-order chi connectivity index (χ0) is 20.7. The van der Waals surface area contributed by atoms with Crippen LogP contribution in [0.5, 0.6) is 0 Å². The van der Waals surface area contributed by atoms with Crippen LogP contribution in [0.1, 0.15) is 35.7 Å². The lowest BCUT2D eigenvalue weighted by atomic mass is 10.0. The van der Waals surface area contributed by atoms with Crippen molar-refractivity contribution >= 4 is 21.9 Å². The second-order valence-electron chi connectivity index (χ2n) is 6.34. The first-order valence-electron chi connectivity index (χ1n) is 8.82. The Kier molecular flexibility index (Phi) is 7.31. The van der Waals surface area contributed by atoms with E-state index in [2.05, 4.69) is 10.0 Å². The predicted molar refractivity (Wildman–Crippen MR) is 105 cm³/mol. The van der Waals surface area contributed by atoms with Crippen LogP contribution in [0.15, 0.2) is 59.5 Å². The minimum atomic E-state index is -3.68. The van der Waals surface area contributed by atoms with Crippen LogP contribution >= 0.6 is 0 Å². The van der Waals surface area contributed by atoms with E-state index in [4.69, 9.17) is 4.74 Å². The van der Waals surface area contributed by atoms with Crippen molar-refractivity contribution in [2.75, 3.05) is 13.6 Å². The number of benzene rings is 2. The molecule has 2 atom stereocenters. The first-order valence-corrected chi connectivity index (χ1v) is 10.3. The van der Waals surface area contributed by atoms with Gasteiger partial charge in [-0.2, -0.15) is 0 Å². The van der Waals surface area contributed by atoms with Gasteiger partial charge in [0.05, 0.1) is 10.5 Å². The molecule has 0 spiro atoms. The van der Waals surface area contributed by atoms with E-state index >= 15 is 0 Å². The second-order valence-corrected chi connectivity index (χ2v) is 8.23. The number of nitrogens with one attached hydrogen (secondary N) is 2. The van der Waals surface area contributed by atoms with Crippen molar-refractivity contribution in [2.24, 2.45) is 0 Å².